The maximum absolute atomic E-state index is 12.0. The second kappa shape index (κ2) is 7.11. The lowest BCUT2D eigenvalue weighted by Crippen LogP contribution is -2.35. The minimum atomic E-state index is -0.623. The van der Waals surface area contributed by atoms with Crippen LogP contribution in [0.4, 0.5) is 0 Å². The van der Waals surface area contributed by atoms with Gasteiger partial charge in [-0.1, -0.05) is 36.4 Å². The molecule has 0 saturated carbocycles. The van der Waals surface area contributed by atoms with Gasteiger partial charge in [-0.3, -0.25) is 4.79 Å². The summed E-state index contributed by atoms with van der Waals surface area (Å²) in [6, 6.07) is 18.5. The zero-order chi connectivity index (χ0) is 15.1. The van der Waals surface area contributed by atoms with E-state index < -0.39 is 6.10 Å². The average Bonchev–Trinajstić information content (AvgIpc) is 2.53. The van der Waals surface area contributed by atoms with E-state index in [0.29, 0.717) is 17.9 Å². The van der Waals surface area contributed by atoms with Crippen LogP contribution in [0, 0.1) is 11.3 Å². The number of nitriles is 1. The van der Waals surface area contributed by atoms with Crippen LogP contribution in [0.15, 0.2) is 54.6 Å². The Balaban J connectivity index is 1.89. The van der Waals surface area contributed by atoms with Crippen molar-refractivity contribution in [1.82, 2.24) is 5.32 Å². The van der Waals surface area contributed by atoms with Gasteiger partial charge in [-0.05, 0) is 30.7 Å². The lowest BCUT2D eigenvalue weighted by atomic mass is 10.2. The Labute approximate surface area is 124 Å². The summed E-state index contributed by atoms with van der Waals surface area (Å²) in [5.41, 5.74) is 1.54. The summed E-state index contributed by atoms with van der Waals surface area (Å²) in [5.74, 6) is 0.317. The molecule has 0 aliphatic carbocycles. The van der Waals surface area contributed by atoms with Crippen molar-refractivity contribution in [3.63, 3.8) is 0 Å². The van der Waals surface area contributed by atoms with Crippen molar-refractivity contribution < 1.29 is 9.53 Å². The van der Waals surface area contributed by atoms with E-state index in [9.17, 15) is 4.79 Å². The zero-order valence-electron chi connectivity index (χ0n) is 11.7. The molecule has 0 radical (unpaired) electrons. The van der Waals surface area contributed by atoms with E-state index in [4.69, 9.17) is 10.00 Å². The number of hydrogen-bond donors (Lipinski definition) is 1. The third-order valence-corrected chi connectivity index (χ3v) is 2.95. The Morgan fingerprint density at radius 2 is 2.00 bits per heavy atom. The molecule has 21 heavy (non-hydrogen) atoms. The summed E-state index contributed by atoms with van der Waals surface area (Å²) in [5, 5.41) is 11.6. The summed E-state index contributed by atoms with van der Waals surface area (Å²) >= 11 is 0. The third kappa shape index (κ3) is 4.36. The molecule has 0 spiro atoms. The van der Waals surface area contributed by atoms with Crippen molar-refractivity contribution in [2.45, 2.75) is 19.6 Å². The Morgan fingerprint density at radius 3 is 2.71 bits per heavy atom. The van der Waals surface area contributed by atoms with Gasteiger partial charge in [0.2, 0.25) is 0 Å². The predicted octanol–water partition coefficient (Wildman–Crippen LogP) is 2.64. The van der Waals surface area contributed by atoms with E-state index >= 15 is 0 Å². The van der Waals surface area contributed by atoms with Crippen LogP contribution < -0.4 is 10.1 Å². The molecule has 0 aromatic heterocycles. The van der Waals surface area contributed by atoms with E-state index in [-0.39, 0.29) is 5.91 Å². The number of nitrogens with one attached hydrogen (secondary N) is 1. The highest BCUT2D eigenvalue weighted by Gasteiger charge is 2.14. The average molecular weight is 280 g/mol. The van der Waals surface area contributed by atoms with Gasteiger partial charge < -0.3 is 10.1 Å². The molecule has 0 unspecified atom stereocenters. The molecule has 0 heterocycles. The van der Waals surface area contributed by atoms with Crippen LogP contribution in [0.1, 0.15) is 18.1 Å². The number of nitrogens with zero attached hydrogens (tertiary/aromatic N) is 1. The Kier molecular flexibility index (Phi) is 4.94. The van der Waals surface area contributed by atoms with Gasteiger partial charge in [0.1, 0.15) is 5.75 Å². The quantitative estimate of drug-likeness (QED) is 0.915. The number of ether oxygens (including phenoxy) is 1. The lowest BCUT2D eigenvalue weighted by Gasteiger charge is -2.14. The zero-order valence-corrected chi connectivity index (χ0v) is 11.7. The van der Waals surface area contributed by atoms with Gasteiger partial charge in [-0.2, -0.15) is 5.26 Å². The minimum absolute atomic E-state index is 0.193. The molecule has 0 bridgehead atoms. The molecule has 1 N–H and O–H groups in total. The van der Waals surface area contributed by atoms with Gasteiger partial charge in [-0.15, -0.1) is 0 Å². The van der Waals surface area contributed by atoms with Crippen LogP contribution in [-0.2, 0) is 11.3 Å². The van der Waals surface area contributed by atoms with Gasteiger partial charge >= 0.3 is 0 Å². The number of amides is 1. The lowest BCUT2D eigenvalue weighted by molar-refractivity contribution is -0.127. The second-order valence-electron chi connectivity index (χ2n) is 4.60. The normalized spacial score (nSPS) is 11.2. The van der Waals surface area contributed by atoms with E-state index in [0.717, 1.165) is 5.56 Å². The summed E-state index contributed by atoms with van der Waals surface area (Å²) < 4.78 is 5.54. The number of carbonyl (C=O) groups is 1. The van der Waals surface area contributed by atoms with E-state index in [1.54, 1.807) is 31.2 Å². The van der Waals surface area contributed by atoms with Crippen LogP contribution in [0.2, 0.25) is 0 Å². The molecule has 0 aliphatic rings. The largest absolute Gasteiger partial charge is 0.481 e. The first-order valence-electron chi connectivity index (χ1n) is 6.67. The van der Waals surface area contributed by atoms with Crippen molar-refractivity contribution in [3.05, 3.63) is 65.7 Å². The Bertz CT molecular complexity index is 647. The molecule has 0 aliphatic heterocycles. The summed E-state index contributed by atoms with van der Waals surface area (Å²) in [4.78, 5) is 12.0. The maximum atomic E-state index is 12.0. The molecule has 106 valence electrons. The second-order valence-corrected chi connectivity index (χ2v) is 4.60. The topological polar surface area (TPSA) is 62.1 Å². The standard InChI is InChI=1S/C17H16N2O2/c1-13(21-16-9-5-8-15(10-16)11-18)17(20)19-12-14-6-3-2-4-7-14/h2-10,13H,12H2,1H3,(H,19,20)/t13-/m0/s1. The van der Waals surface area contributed by atoms with Crippen LogP contribution in [-0.4, -0.2) is 12.0 Å². The molecule has 1 amide bonds. The molecule has 0 fully saturated rings. The molecule has 2 rings (SSSR count). The van der Waals surface area contributed by atoms with Gasteiger partial charge in [0, 0.05) is 6.54 Å². The molecule has 4 nitrogen and oxygen atoms in total. The van der Waals surface area contributed by atoms with E-state index in [1.165, 1.54) is 0 Å². The van der Waals surface area contributed by atoms with Crippen molar-refractivity contribution in [2.75, 3.05) is 0 Å². The van der Waals surface area contributed by atoms with Crippen molar-refractivity contribution in [2.24, 2.45) is 0 Å². The first kappa shape index (κ1) is 14.6. The summed E-state index contributed by atoms with van der Waals surface area (Å²) in [7, 11) is 0. The highest BCUT2D eigenvalue weighted by atomic mass is 16.5. The number of rotatable bonds is 5. The van der Waals surface area contributed by atoms with Gasteiger partial charge in [0.05, 0.1) is 11.6 Å². The van der Waals surface area contributed by atoms with Crippen molar-refractivity contribution >= 4 is 5.91 Å². The van der Waals surface area contributed by atoms with E-state index in [2.05, 4.69) is 5.32 Å². The summed E-state index contributed by atoms with van der Waals surface area (Å²) in [6.45, 7) is 2.14. The molecule has 2 aromatic carbocycles. The Hall–Kier alpha value is -2.80. The molecule has 2 aromatic rings. The fourth-order valence-corrected chi connectivity index (χ4v) is 1.83. The van der Waals surface area contributed by atoms with Crippen LogP contribution in [0.3, 0.4) is 0 Å². The first-order valence-corrected chi connectivity index (χ1v) is 6.67. The Morgan fingerprint density at radius 1 is 1.24 bits per heavy atom. The maximum Gasteiger partial charge on any atom is 0.261 e. The molecule has 1 atom stereocenters. The fraction of sp³-hybridized carbons (Fsp3) is 0.176. The number of hydrogen-bond acceptors (Lipinski definition) is 3. The van der Waals surface area contributed by atoms with Crippen LogP contribution >= 0.6 is 0 Å². The SMILES string of the molecule is C[C@H](Oc1cccc(C#N)c1)C(=O)NCc1ccccc1. The highest BCUT2D eigenvalue weighted by molar-refractivity contribution is 5.80. The molecular formula is C17H16N2O2. The fourth-order valence-electron chi connectivity index (χ4n) is 1.83. The van der Waals surface area contributed by atoms with Gasteiger partial charge in [0.15, 0.2) is 6.10 Å². The molecule has 4 heteroatoms. The van der Waals surface area contributed by atoms with Crippen molar-refractivity contribution in [3.8, 4) is 11.8 Å². The minimum Gasteiger partial charge on any atom is -0.481 e. The summed E-state index contributed by atoms with van der Waals surface area (Å²) in [6.07, 6.45) is -0.623. The van der Waals surface area contributed by atoms with E-state index in [1.807, 2.05) is 36.4 Å². The van der Waals surface area contributed by atoms with Crippen LogP contribution in [0.5, 0.6) is 5.75 Å². The highest BCUT2D eigenvalue weighted by Crippen LogP contribution is 2.14. The van der Waals surface area contributed by atoms with Gasteiger partial charge in [0.25, 0.3) is 5.91 Å². The van der Waals surface area contributed by atoms with Crippen LogP contribution in [0.25, 0.3) is 0 Å². The molecule has 0 saturated heterocycles. The predicted molar refractivity (Wildman–Crippen MR) is 79.5 cm³/mol. The van der Waals surface area contributed by atoms with Crippen molar-refractivity contribution in [1.29, 1.82) is 5.26 Å². The van der Waals surface area contributed by atoms with Gasteiger partial charge in [-0.25, -0.2) is 0 Å². The monoisotopic (exact) mass is 280 g/mol. The first-order chi connectivity index (χ1) is 10.2. The number of benzene rings is 2. The number of carbonyl (C=O) groups excluding carboxylic acids is 1. The third-order valence-electron chi connectivity index (χ3n) is 2.95. The smallest absolute Gasteiger partial charge is 0.261 e. The molecular weight excluding hydrogens is 264 g/mol.